The van der Waals surface area contributed by atoms with Gasteiger partial charge in [-0.25, -0.2) is 0 Å². The summed E-state index contributed by atoms with van der Waals surface area (Å²) in [5, 5.41) is 4.11. The normalized spacial score (nSPS) is 19.5. The molecule has 30 heavy (non-hydrogen) atoms. The van der Waals surface area contributed by atoms with Gasteiger partial charge < -0.3 is 20.0 Å². The molecule has 0 bridgehead atoms. The van der Waals surface area contributed by atoms with Crippen molar-refractivity contribution in [3.05, 3.63) is 49.7 Å². The second kappa shape index (κ2) is 8.60. The van der Waals surface area contributed by atoms with Crippen molar-refractivity contribution in [2.24, 2.45) is 0 Å². The van der Waals surface area contributed by atoms with E-state index in [1.807, 2.05) is 18.2 Å². The topological polar surface area (TPSA) is 55.9 Å². The standard InChI is InChI=1S/C23H31ClN4O2/c1-26(2)23(9-4-3-5-10-23)16-25-19-20(22(30)21(19)29)28-13-11-27(12-14-28)18-8-6-7-17(24)15-18/h6-8,15,25H,3-5,9-14,16H2,1-2H3. The molecule has 2 aromatic carbocycles. The first-order valence-corrected chi connectivity index (χ1v) is 11.3. The zero-order chi connectivity index (χ0) is 21.3. The van der Waals surface area contributed by atoms with Crippen LogP contribution in [0, 0.1) is 0 Å². The van der Waals surface area contributed by atoms with Gasteiger partial charge in [-0.3, -0.25) is 9.59 Å². The number of halogens is 1. The van der Waals surface area contributed by atoms with Crippen LogP contribution in [0.15, 0.2) is 33.9 Å². The summed E-state index contributed by atoms with van der Waals surface area (Å²) in [4.78, 5) is 31.4. The van der Waals surface area contributed by atoms with Gasteiger partial charge in [-0.05, 0) is 45.1 Å². The molecule has 1 aliphatic carbocycles. The smallest absolute Gasteiger partial charge is 0.253 e. The molecule has 4 rings (SSSR count). The minimum Gasteiger partial charge on any atom is -0.378 e. The Labute approximate surface area is 183 Å². The number of hydrogen-bond acceptors (Lipinski definition) is 6. The Kier molecular flexibility index (Phi) is 6.07. The van der Waals surface area contributed by atoms with Crippen LogP contribution in [0.5, 0.6) is 0 Å². The summed E-state index contributed by atoms with van der Waals surface area (Å²) in [6, 6.07) is 7.84. The molecule has 6 nitrogen and oxygen atoms in total. The van der Waals surface area contributed by atoms with Crippen molar-refractivity contribution < 1.29 is 0 Å². The van der Waals surface area contributed by atoms with Crippen LogP contribution in [0.3, 0.4) is 0 Å². The summed E-state index contributed by atoms with van der Waals surface area (Å²) in [5.41, 5.74) is 1.53. The first kappa shape index (κ1) is 21.2. The number of hydrogen-bond donors (Lipinski definition) is 1. The van der Waals surface area contributed by atoms with Crippen LogP contribution in [-0.4, -0.2) is 57.3 Å². The first-order valence-electron chi connectivity index (χ1n) is 10.9. The van der Waals surface area contributed by atoms with Gasteiger partial charge in [0, 0.05) is 49.0 Å². The number of benzene rings is 1. The van der Waals surface area contributed by atoms with Crippen molar-refractivity contribution in [1.29, 1.82) is 0 Å². The van der Waals surface area contributed by atoms with E-state index in [1.165, 1.54) is 19.3 Å². The van der Waals surface area contributed by atoms with E-state index in [9.17, 15) is 9.59 Å². The summed E-state index contributed by atoms with van der Waals surface area (Å²) in [6.07, 6.45) is 5.94. The Bertz CT molecular complexity index is 952. The van der Waals surface area contributed by atoms with E-state index in [0.717, 1.165) is 36.6 Å². The van der Waals surface area contributed by atoms with E-state index < -0.39 is 0 Å². The Morgan fingerprint density at radius 3 is 2.30 bits per heavy atom. The molecule has 0 spiro atoms. The number of rotatable bonds is 6. The highest BCUT2D eigenvalue weighted by Crippen LogP contribution is 2.33. The lowest BCUT2D eigenvalue weighted by Gasteiger charge is -2.44. The molecule has 2 aliphatic rings. The molecule has 0 aromatic heterocycles. The zero-order valence-corrected chi connectivity index (χ0v) is 18.7. The van der Waals surface area contributed by atoms with Gasteiger partial charge in [-0.2, -0.15) is 0 Å². The van der Waals surface area contributed by atoms with E-state index in [0.29, 0.717) is 31.0 Å². The largest absolute Gasteiger partial charge is 0.378 e. The molecule has 2 fully saturated rings. The molecule has 0 atom stereocenters. The van der Waals surface area contributed by atoms with E-state index in [-0.39, 0.29) is 16.4 Å². The van der Waals surface area contributed by atoms with Crippen LogP contribution in [-0.2, 0) is 0 Å². The van der Waals surface area contributed by atoms with Crippen LogP contribution in [0.25, 0.3) is 0 Å². The first-order chi connectivity index (χ1) is 14.4. The maximum Gasteiger partial charge on any atom is 0.253 e. The van der Waals surface area contributed by atoms with Crippen LogP contribution in [0.4, 0.5) is 17.1 Å². The third kappa shape index (κ3) is 3.95. The Hall–Kier alpha value is -2.05. The predicted molar refractivity (Wildman–Crippen MR) is 125 cm³/mol. The highest BCUT2D eigenvalue weighted by molar-refractivity contribution is 6.30. The molecule has 162 valence electrons. The minimum atomic E-state index is -0.369. The van der Waals surface area contributed by atoms with Gasteiger partial charge in [0.05, 0.1) is 0 Å². The maximum absolute atomic E-state index is 12.4. The fraction of sp³-hybridized carbons (Fsp3) is 0.565. The molecule has 7 heteroatoms. The third-order valence-electron chi connectivity index (χ3n) is 6.98. The Balaban J connectivity index is 1.43. The molecule has 1 saturated heterocycles. The maximum atomic E-state index is 12.4. The summed E-state index contributed by atoms with van der Waals surface area (Å²) in [5.74, 6) is 0. The van der Waals surface area contributed by atoms with Crippen LogP contribution in [0.2, 0.25) is 5.02 Å². The number of nitrogens with one attached hydrogen (secondary N) is 1. The van der Waals surface area contributed by atoms with Crippen molar-refractivity contribution >= 4 is 28.7 Å². The van der Waals surface area contributed by atoms with Crippen molar-refractivity contribution in [1.82, 2.24) is 4.90 Å². The predicted octanol–water partition coefficient (Wildman–Crippen LogP) is 2.94. The summed E-state index contributed by atoms with van der Waals surface area (Å²) in [7, 11) is 4.23. The van der Waals surface area contributed by atoms with Crippen molar-refractivity contribution in [2.75, 3.05) is 61.9 Å². The molecule has 2 aromatic rings. The monoisotopic (exact) mass is 430 g/mol. The molecular weight excluding hydrogens is 400 g/mol. The van der Waals surface area contributed by atoms with E-state index in [4.69, 9.17) is 11.6 Å². The number of likely N-dealkylation sites (N-methyl/N-ethyl adjacent to an activating group) is 1. The molecule has 1 heterocycles. The number of nitrogens with zero attached hydrogens (tertiary/aromatic N) is 3. The van der Waals surface area contributed by atoms with Crippen LogP contribution >= 0.6 is 11.6 Å². The molecule has 0 unspecified atom stereocenters. The number of piperazine rings is 1. The average Bonchev–Trinajstić information content (AvgIpc) is 2.76. The molecule has 0 radical (unpaired) electrons. The number of anilines is 3. The fourth-order valence-corrected chi connectivity index (χ4v) is 5.14. The lowest BCUT2D eigenvalue weighted by Crippen LogP contribution is -2.54. The summed E-state index contributed by atoms with van der Waals surface area (Å²) < 4.78 is 0. The minimum absolute atomic E-state index is 0.0561. The van der Waals surface area contributed by atoms with Gasteiger partial charge in [0.15, 0.2) is 0 Å². The Morgan fingerprint density at radius 2 is 1.67 bits per heavy atom. The molecule has 1 N–H and O–H groups in total. The highest BCUT2D eigenvalue weighted by Gasteiger charge is 2.36. The SMILES string of the molecule is CN(C)C1(CNc2c(N3CCN(c4cccc(Cl)c4)CC3)c(=O)c2=O)CCCCC1. The lowest BCUT2D eigenvalue weighted by atomic mass is 9.80. The molecule has 1 aliphatic heterocycles. The lowest BCUT2D eigenvalue weighted by molar-refractivity contribution is 0.113. The summed E-state index contributed by atoms with van der Waals surface area (Å²) in [6.45, 7) is 3.72. The molecule has 1 saturated carbocycles. The highest BCUT2D eigenvalue weighted by atomic mass is 35.5. The second-order valence-corrected chi connectivity index (χ2v) is 9.31. The van der Waals surface area contributed by atoms with Gasteiger partial charge in [0.1, 0.15) is 11.4 Å². The zero-order valence-electron chi connectivity index (χ0n) is 17.9. The molecule has 0 amide bonds. The van der Waals surface area contributed by atoms with Crippen molar-refractivity contribution in [3.8, 4) is 0 Å². The average molecular weight is 431 g/mol. The van der Waals surface area contributed by atoms with E-state index in [2.05, 4.69) is 40.2 Å². The van der Waals surface area contributed by atoms with Gasteiger partial charge in [0.25, 0.3) is 10.9 Å². The van der Waals surface area contributed by atoms with Gasteiger partial charge in [-0.15, -0.1) is 0 Å². The van der Waals surface area contributed by atoms with Gasteiger partial charge >= 0.3 is 0 Å². The van der Waals surface area contributed by atoms with Gasteiger partial charge in [-0.1, -0.05) is 36.9 Å². The quantitative estimate of drug-likeness (QED) is 0.711. The van der Waals surface area contributed by atoms with Crippen LogP contribution in [0.1, 0.15) is 32.1 Å². The Morgan fingerprint density at radius 1 is 1.00 bits per heavy atom. The van der Waals surface area contributed by atoms with Crippen molar-refractivity contribution in [2.45, 2.75) is 37.6 Å². The summed E-state index contributed by atoms with van der Waals surface area (Å²) >= 11 is 6.12. The van der Waals surface area contributed by atoms with Gasteiger partial charge in [0.2, 0.25) is 0 Å². The second-order valence-electron chi connectivity index (χ2n) is 8.87. The molecular formula is C23H31ClN4O2. The van der Waals surface area contributed by atoms with E-state index >= 15 is 0 Å². The third-order valence-corrected chi connectivity index (χ3v) is 7.22. The van der Waals surface area contributed by atoms with Crippen LogP contribution < -0.4 is 26.0 Å². The fourth-order valence-electron chi connectivity index (χ4n) is 4.95. The van der Waals surface area contributed by atoms with Crippen molar-refractivity contribution in [3.63, 3.8) is 0 Å². The van der Waals surface area contributed by atoms with E-state index in [1.54, 1.807) is 0 Å².